The zero-order valence-electron chi connectivity index (χ0n) is 12.9. The maximum atomic E-state index is 3.80. The molecule has 3 rings (SSSR count). The number of rotatable bonds is 5. The molecule has 5 unspecified atom stereocenters. The molecule has 0 aromatic rings. The average Bonchev–Trinajstić information content (AvgIpc) is 2.95. The predicted octanol–water partition coefficient (Wildman–Crippen LogP) is 4.76. The van der Waals surface area contributed by atoms with Crippen LogP contribution in [0.1, 0.15) is 77.6 Å². The summed E-state index contributed by atoms with van der Waals surface area (Å²) in [7, 11) is 0. The van der Waals surface area contributed by atoms with Crippen molar-refractivity contribution in [2.45, 2.75) is 83.6 Å². The number of hydrogen-bond acceptors (Lipinski definition) is 1. The molecule has 3 fully saturated rings. The van der Waals surface area contributed by atoms with Crippen molar-refractivity contribution in [1.82, 2.24) is 5.32 Å². The van der Waals surface area contributed by atoms with Crippen molar-refractivity contribution in [1.29, 1.82) is 0 Å². The number of fused-ring (bicyclic) bond motifs is 2. The molecule has 19 heavy (non-hydrogen) atoms. The summed E-state index contributed by atoms with van der Waals surface area (Å²) in [6.45, 7) is 3.52. The number of nitrogens with one attached hydrogen (secondary N) is 1. The summed E-state index contributed by atoms with van der Waals surface area (Å²) in [5.41, 5.74) is 0. The Labute approximate surface area is 119 Å². The van der Waals surface area contributed by atoms with Crippen LogP contribution in [0.25, 0.3) is 0 Å². The van der Waals surface area contributed by atoms with E-state index in [1.54, 1.807) is 32.1 Å². The second-order valence-corrected chi connectivity index (χ2v) is 7.71. The lowest BCUT2D eigenvalue weighted by molar-refractivity contribution is 0.244. The van der Waals surface area contributed by atoms with E-state index in [0.717, 1.165) is 29.7 Å². The highest BCUT2D eigenvalue weighted by Crippen LogP contribution is 2.51. The lowest BCUT2D eigenvalue weighted by Gasteiger charge is -2.28. The standard InChI is InChI=1S/C18H33N/c1-2-9-19-18-6-4-3-5-14(13-18)11-17-12-15-7-8-16(17)10-15/h14-19H,2-13H2,1H3. The molecule has 0 spiro atoms. The Bertz CT molecular complexity index is 275. The predicted molar refractivity (Wildman–Crippen MR) is 82.2 cm³/mol. The topological polar surface area (TPSA) is 12.0 Å². The fourth-order valence-electron chi connectivity index (χ4n) is 5.30. The van der Waals surface area contributed by atoms with Crippen molar-refractivity contribution in [3.05, 3.63) is 0 Å². The van der Waals surface area contributed by atoms with Crippen molar-refractivity contribution in [2.24, 2.45) is 23.7 Å². The largest absolute Gasteiger partial charge is 0.314 e. The first-order valence-corrected chi connectivity index (χ1v) is 9.08. The highest BCUT2D eigenvalue weighted by atomic mass is 14.9. The van der Waals surface area contributed by atoms with Crippen LogP contribution in [0.2, 0.25) is 0 Å². The van der Waals surface area contributed by atoms with Crippen LogP contribution in [0.3, 0.4) is 0 Å². The van der Waals surface area contributed by atoms with Crippen LogP contribution < -0.4 is 5.32 Å². The van der Waals surface area contributed by atoms with Gasteiger partial charge in [0.05, 0.1) is 0 Å². The van der Waals surface area contributed by atoms with Crippen LogP contribution in [-0.4, -0.2) is 12.6 Å². The molecule has 0 radical (unpaired) electrons. The van der Waals surface area contributed by atoms with Gasteiger partial charge in [0.15, 0.2) is 0 Å². The van der Waals surface area contributed by atoms with Crippen LogP contribution in [0.15, 0.2) is 0 Å². The Morgan fingerprint density at radius 1 is 0.947 bits per heavy atom. The SMILES string of the molecule is CCCNC1CCCCC(CC2CC3CCC2C3)C1. The third-order valence-corrected chi connectivity index (χ3v) is 6.24. The van der Waals surface area contributed by atoms with E-state index < -0.39 is 0 Å². The van der Waals surface area contributed by atoms with Gasteiger partial charge in [-0.15, -0.1) is 0 Å². The molecule has 0 aromatic carbocycles. The van der Waals surface area contributed by atoms with Gasteiger partial charge in [-0.05, 0) is 75.2 Å². The molecule has 0 saturated heterocycles. The van der Waals surface area contributed by atoms with E-state index in [0.29, 0.717) is 0 Å². The quantitative estimate of drug-likeness (QED) is 0.705. The monoisotopic (exact) mass is 263 g/mol. The molecule has 0 aliphatic heterocycles. The van der Waals surface area contributed by atoms with Crippen LogP contribution in [0, 0.1) is 23.7 Å². The van der Waals surface area contributed by atoms with E-state index in [2.05, 4.69) is 12.2 Å². The molecule has 0 aromatic heterocycles. The normalized spacial score (nSPS) is 42.5. The zero-order chi connectivity index (χ0) is 13.1. The van der Waals surface area contributed by atoms with E-state index in [1.165, 1.54) is 45.1 Å². The molecule has 1 heteroatoms. The zero-order valence-corrected chi connectivity index (χ0v) is 12.9. The Balaban J connectivity index is 1.48. The fourth-order valence-corrected chi connectivity index (χ4v) is 5.30. The second-order valence-electron chi connectivity index (χ2n) is 7.71. The lowest BCUT2D eigenvalue weighted by Crippen LogP contribution is -2.31. The Hall–Kier alpha value is -0.0400. The van der Waals surface area contributed by atoms with Gasteiger partial charge in [-0.1, -0.05) is 32.6 Å². The van der Waals surface area contributed by atoms with Gasteiger partial charge in [0.25, 0.3) is 0 Å². The maximum Gasteiger partial charge on any atom is 0.00697 e. The summed E-state index contributed by atoms with van der Waals surface area (Å²) < 4.78 is 0. The number of hydrogen-bond donors (Lipinski definition) is 1. The van der Waals surface area contributed by atoms with Gasteiger partial charge in [0.2, 0.25) is 0 Å². The fraction of sp³-hybridized carbons (Fsp3) is 1.00. The van der Waals surface area contributed by atoms with Crippen molar-refractivity contribution in [3.8, 4) is 0 Å². The summed E-state index contributed by atoms with van der Waals surface area (Å²) in [6.07, 6.45) is 16.6. The molecule has 1 nitrogen and oxygen atoms in total. The first kappa shape index (κ1) is 13.9. The first-order chi connectivity index (χ1) is 9.35. The molecule has 2 bridgehead atoms. The minimum absolute atomic E-state index is 0.839. The summed E-state index contributed by atoms with van der Waals surface area (Å²) in [4.78, 5) is 0. The third-order valence-electron chi connectivity index (χ3n) is 6.24. The summed E-state index contributed by atoms with van der Waals surface area (Å²) in [5, 5.41) is 3.80. The van der Waals surface area contributed by atoms with Crippen molar-refractivity contribution in [2.75, 3.05) is 6.54 Å². The maximum absolute atomic E-state index is 3.80. The molecule has 3 aliphatic rings. The van der Waals surface area contributed by atoms with E-state index in [9.17, 15) is 0 Å². The highest BCUT2D eigenvalue weighted by molar-refractivity contribution is 4.91. The van der Waals surface area contributed by atoms with Crippen LogP contribution in [0.5, 0.6) is 0 Å². The van der Waals surface area contributed by atoms with Gasteiger partial charge in [0.1, 0.15) is 0 Å². The molecule has 5 atom stereocenters. The van der Waals surface area contributed by atoms with Crippen LogP contribution >= 0.6 is 0 Å². The van der Waals surface area contributed by atoms with Gasteiger partial charge in [0, 0.05) is 6.04 Å². The highest BCUT2D eigenvalue weighted by Gasteiger charge is 2.40. The van der Waals surface area contributed by atoms with E-state index in [-0.39, 0.29) is 0 Å². The first-order valence-electron chi connectivity index (χ1n) is 9.08. The molecule has 3 aliphatic carbocycles. The van der Waals surface area contributed by atoms with E-state index in [4.69, 9.17) is 0 Å². The Morgan fingerprint density at radius 3 is 2.58 bits per heavy atom. The Kier molecular flexibility index (Phi) is 4.84. The second kappa shape index (κ2) is 6.61. The van der Waals surface area contributed by atoms with Gasteiger partial charge in [-0.2, -0.15) is 0 Å². The minimum atomic E-state index is 0.839. The van der Waals surface area contributed by atoms with Crippen molar-refractivity contribution >= 4 is 0 Å². The summed E-state index contributed by atoms with van der Waals surface area (Å²) in [6, 6.07) is 0.839. The molecule has 0 amide bonds. The van der Waals surface area contributed by atoms with Crippen molar-refractivity contribution in [3.63, 3.8) is 0 Å². The summed E-state index contributed by atoms with van der Waals surface area (Å²) in [5.74, 6) is 4.43. The molecule has 3 saturated carbocycles. The van der Waals surface area contributed by atoms with Gasteiger partial charge in [-0.25, -0.2) is 0 Å². The molecule has 110 valence electrons. The molecular weight excluding hydrogens is 230 g/mol. The summed E-state index contributed by atoms with van der Waals surface area (Å²) >= 11 is 0. The van der Waals surface area contributed by atoms with Crippen molar-refractivity contribution < 1.29 is 0 Å². The average molecular weight is 263 g/mol. The van der Waals surface area contributed by atoms with Crippen LogP contribution in [0.4, 0.5) is 0 Å². The van der Waals surface area contributed by atoms with Gasteiger partial charge in [-0.3, -0.25) is 0 Å². The van der Waals surface area contributed by atoms with Gasteiger partial charge < -0.3 is 5.32 Å². The Morgan fingerprint density at radius 2 is 1.84 bits per heavy atom. The minimum Gasteiger partial charge on any atom is -0.314 e. The van der Waals surface area contributed by atoms with E-state index >= 15 is 0 Å². The lowest BCUT2D eigenvalue weighted by atomic mass is 9.79. The van der Waals surface area contributed by atoms with Crippen LogP contribution in [-0.2, 0) is 0 Å². The van der Waals surface area contributed by atoms with Gasteiger partial charge >= 0.3 is 0 Å². The molecule has 1 N–H and O–H groups in total. The molecular formula is C18H33N. The smallest absolute Gasteiger partial charge is 0.00697 e. The van der Waals surface area contributed by atoms with E-state index in [1.807, 2.05) is 0 Å². The third kappa shape index (κ3) is 3.54. The molecule has 0 heterocycles.